The van der Waals surface area contributed by atoms with Crippen LogP contribution in [-0.4, -0.2) is 26.3 Å². The molecule has 0 aliphatic carbocycles. The van der Waals surface area contributed by atoms with Gasteiger partial charge in [-0.2, -0.15) is 0 Å². The molecule has 3 aromatic rings. The predicted molar refractivity (Wildman–Crippen MR) is 91.0 cm³/mol. The Labute approximate surface area is 133 Å². The van der Waals surface area contributed by atoms with Crippen LogP contribution in [0.5, 0.6) is 0 Å². The molecule has 0 amide bonds. The SMILES string of the molecule is O=c1cc(-c2cccc3ccccc23)oc(N2CCOCC2)c1. The molecule has 4 rings (SSSR count). The lowest BCUT2D eigenvalue weighted by molar-refractivity contribution is 0.120. The maximum Gasteiger partial charge on any atom is 0.200 e. The van der Waals surface area contributed by atoms with E-state index in [1.165, 1.54) is 0 Å². The van der Waals surface area contributed by atoms with Crippen molar-refractivity contribution in [3.05, 3.63) is 64.8 Å². The van der Waals surface area contributed by atoms with Gasteiger partial charge in [0.2, 0.25) is 0 Å². The molecular formula is C19H17NO3. The number of hydrogen-bond acceptors (Lipinski definition) is 4. The lowest BCUT2D eigenvalue weighted by Gasteiger charge is -2.27. The van der Waals surface area contributed by atoms with Crippen molar-refractivity contribution in [2.24, 2.45) is 0 Å². The first-order valence-electron chi connectivity index (χ1n) is 7.77. The van der Waals surface area contributed by atoms with E-state index >= 15 is 0 Å². The standard InChI is InChI=1S/C19H17NO3/c21-15-12-18(23-19(13-15)20-8-10-22-11-9-20)17-7-3-5-14-4-1-2-6-16(14)17/h1-7,12-13H,8-11H2. The monoisotopic (exact) mass is 307 g/mol. The molecule has 0 unspecified atom stereocenters. The minimum atomic E-state index is -0.0410. The maximum atomic E-state index is 12.1. The van der Waals surface area contributed by atoms with Crippen molar-refractivity contribution in [1.29, 1.82) is 0 Å². The van der Waals surface area contributed by atoms with Crippen LogP contribution in [0, 0.1) is 0 Å². The first kappa shape index (κ1) is 14.0. The van der Waals surface area contributed by atoms with Gasteiger partial charge in [0.05, 0.1) is 13.2 Å². The lowest BCUT2D eigenvalue weighted by atomic mass is 10.0. The van der Waals surface area contributed by atoms with E-state index in [1.54, 1.807) is 12.1 Å². The number of ether oxygens (including phenoxy) is 1. The van der Waals surface area contributed by atoms with Gasteiger partial charge in [0.25, 0.3) is 0 Å². The number of fused-ring (bicyclic) bond motifs is 1. The van der Waals surface area contributed by atoms with Gasteiger partial charge in [-0.1, -0.05) is 42.5 Å². The topological polar surface area (TPSA) is 42.7 Å². The Bertz CT molecular complexity index is 889. The van der Waals surface area contributed by atoms with Crippen molar-refractivity contribution in [3.63, 3.8) is 0 Å². The fraction of sp³-hybridized carbons (Fsp3) is 0.211. The summed E-state index contributed by atoms with van der Waals surface area (Å²) in [5.74, 6) is 1.22. The molecule has 1 aliphatic rings. The number of nitrogens with zero attached hydrogens (tertiary/aromatic N) is 1. The summed E-state index contributed by atoms with van der Waals surface area (Å²) in [4.78, 5) is 14.2. The summed E-state index contributed by atoms with van der Waals surface area (Å²) in [6, 6.07) is 17.3. The van der Waals surface area contributed by atoms with Crippen LogP contribution < -0.4 is 10.3 Å². The van der Waals surface area contributed by atoms with E-state index < -0.39 is 0 Å². The van der Waals surface area contributed by atoms with Crippen molar-refractivity contribution < 1.29 is 9.15 Å². The zero-order valence-corrected chi connectivity index (χ0v) is 12.7. The first-order chi connectivity index (χ1) is 11.3. The van der Waals surface area contributed by atoms with Crippen LogP contribution in [0.1, 0.15) is 0 Å². The third-order valence-electron chi connectivity index (χ3n) is 4.13. The quantitative estimate of drug-likeness (QED) is 0.728. The summed E-state index contributed by atoms with van der Waals surface area (Å²) in [5.41, 5.74) is 0.899. The van der Waals surface area contributed by atoms with Gasteiger partial charge in [0.1, 0.15) is 5.76 Å². The molecule has 2 heterocycles. The predicted octanol–water partition coefficient (Wildman–Crippen LogP) is 3.30. The van der Waals surface area contributed by atoms with Crippen molar-refractivity contribution in [3.8, 4) is 11.3 Å². The van der Waals surface area contributed by atoms with Crippen molar-refractivity contribution in [2.45, 2.75) is 0 Å². The molecule has 2 aromatic carbocycles. The molecule has 4 heteroatoms. The molecule has 116 valence electrons. The van der Waals surface area contributed by atoms with Gasteiger partial charge in [-0.05, 0) is 10.8 Å². The summed E-state index contributed by atoms with van der Waals surface area (Å²) in [6.07, 6.45) is 0. The fourth-order valence-corrected chi connectivity index (χ4v) is 2.98. The summed E-state index contributed by atoms with van der Waals surface area (Å²) in [6.45, 7) is 2.79. The average Bonchev–Trinajstić information content (AvgIpc) is 2.61. The molecule has 1 aliphatic heterocycles. The van der Waals surface area contributed by atoms with Gasteiger partial charge in [-0.3, -0.25) is 4.79 Å². The molecule has 0 N–H and O–H groups in total. The average molecular weight is 307 g/mol. The molecule has 23 heavy (non-hydrogen) atoms. The van der Waals surface area contributed by atoms with E-state index in [0.29, 0.717) is 24.9 Å². The lowest BCUT2D eigenvalue weighted by Crippen LogP contribution is -2.36. The number of rotatable bonds is 2. The summed E-state index contributed by atoms with van der Waals surface area (Å²) in [5, 5.41) is 2.21. The molecule has 0 atom stereocenters. The van der Waals surface area contributed by atoms with Crippen LogP contribution in [0.25, 0.3) is 22.1 Å². The third-order valence-corrected chi connectivity index (χ3v) is 4.13. The summed E-state index contributed by atoms with van der Waals surface area (Å²) >= 11 is 0. The van der Waals surface area contributed by atoms with Crippen LogP contribution in [0.2, 0.25) is 0 Å². The van der Waals surface area contributed by atoms with Crippen molar-refractivity contribution in [1.82, 2.24) is 0 Å². The molecule has 0 spiro atoms. The minimum Gasteiger partial charge on any atom is -0.440 e. The first-order valence-corrected chi connectivity index (χ1v) is 7.77. The molecule has 4 nitrogen and oxygen atoms in total. The normalized spacial score (nSPS) is 15.0. The largest absolute Gasteiger partial charge is 0.440 e. The summed E-state index contributed by atoms with van der Waals surface area (Å²) < 4.78 is 11.4. The molecular weight excluding hydrogens is 290 g/mol. The van der Waals surface area contributed by atoms with Crippen LogP contribution in [0.4, 0.5) is 5.88 Å². The van der Waals surface area contributed by atoms with Crippen molar-refractivity contribution >= 4 is 16.7 Å². The van der Waals surface area contributed by atoms with E-state index in [0.717, 1.165) is 29.4 Å². The van der Waals surface area contributed by atoms with Gasteiger partial charge >= 0.3 is 0 Å². The van der Waals surface area contributed by atoms with E-state index in [1.807, 2.05) is 30.3 Å². The number of morpholine rings is 1. The van der Waals surface area contributed by atoms with Crippen molar-refractivity contribution in [2.75, 3.05) is 31.2 Å². The van der Waals surface area contributed by atoms with Gasteiger partial charge < -0.3 is 14.1 Å². The van der Waals surface area contributed by atoms with Crippen LogP contribution in [-0.2, 0) is 4.74 Å². The Kier molecular flexibility index (Phi) is 3.60. The van der Waals surface area contributed by atoms with E-state index in [4.69, 9.17) is 9.15 Å². The van der Waals surface area contributed by atoms with Crippen LogP contribution in [0.3, 0.4) is 0 Å². The van der Waals surface area contributed by atoms with Gasteiger partial charge in [-0.25, -0.2) is 0 Å². The Morgan fingerprint density at radius 3 is 2.57 bits per heavy atom. The van der Waals surface area contributed by atoms with E-state index in [9.17, 15) is 4.79 Å². The third kappa shape index (κ3) is 2.73. The molecule has 1 saturated heterocycles. The fourth-order valence-electron chi connectivity index (χ4n) is 2.98. The molecule has 0 radical (unpaired) electrons. The zero-order valence-electron chi connectivity index (χ0n) is 12.7. The highest BCUT2D eigenvalue weighted by Crippen LogP contribution is 2.30. The summed E-state index contributed by atoms with van der Waals surface area (Å²) in [7, 11) is 0. The zero-order chi connectivity index (χ0) is 15.6. The Morgan fingerprint density at radius 2 is 1.70 bits per heavy atom. The van der Waals surface area contributed by atoms with Crippen LogP contribution in [0.15, 0.2) is 63.8 Å². The molecule has 1 aromatic heterocycles. The minimum absolute atomic E-state index is 0.0410. The highest BCUT2D eigenvalue weighted by Gasteiger charge is 2.16. The van der Waals surface area contributed by atoms with E-state index in [2.05, 4.69) is 17.0 Å². The maximum absolute atomic E-state index is 12.1. The van der Waals surface area contributed by atoms with E-state index in [-0.39, 0.29) is 5.43 Å². The Hall–Kier alpha value is -2.59. The molecule has 1 fully saturated rings. The Morgan fingerprint density at radius 1 is 0.913 bits per heavy atom. The second-order valence-corrected chi connectivity index (χ2v) is 5.62. The number of benzene rings is 2. The highest BCUT2D eigenvalue weighted by molar-refractivity contribution is 5.95. The molecule has 0 bridgehead atoms. The highest BCUT2D eigenvalue weighted by atomic mass is 16.5. The Balaban J connectivity index is 1.85. The van der Waals surface area contributed by atoms with Crippen LogP contribution >= 0.6 is 0 Å². The molecule has 0 saturated carbocycles. The number of hydrogen-bond donors (Lipinski definition) is 0. The second kappa shape index (κ2) is 5.89. The van der Waals surface area contributed by atoms with Gasteiger partial charge in [0, 0.05) is 30.8 Å². The van der Waals surface area contributed by atoms with Gasteiger partial charge in [-0.15, -0.1) is 0 Å². The number of anilines is 1. The second-order valence-electron chi connectivity index (χ2n) is 5.62. The van der Waals surface area contributed by atoms with Gasteiger partial charge in [0.15, 0.2) is 11.3 Å². The smallest absolute Gasteiger partial charge is 0.200 e.